The Hall–Kier alpha value is -1.47. The highest BCUT2D eigenvalue weighted by Crippen LogP contribution is 2.19. The second-order valence-electron chi connectivity index (χ2n) is 4.15. The molecule has 0 unspecified atom stereocenters. The van der Waals surface area contributed by atoms with E-state index in [-0.39, 0.29) is 6.61 Å². The van der Waals surface area contributed by atoms with Gasteiger partial charge in [0.05, 0.1) is 6.61 Å². The number of hydrogen-bond donors (Lipinski definition) is 1. The quantitative estimate of drug-likeness (QED) is 0.630. The van der Waals surface area contributed by atoms with Crippen LogP contribution in [0.2, 0.25) is 0 Å². The molecular weight excluding hydrogens is 284 g/mol. The molecule has 0 bridgehead atoms. The molecule has 7 heteroatoms. The van der Waals surface area contributed by atoms with Gasteiger partial charge in [-0.25, -0.2) is 13.8 Å². The summed E-state index contributed by atoms with van der Waals surface area (Å²) in [6.07, 6.45) is -2.42. The normalized spacial score (nSPS) is 11.2. The summed E-state index contributed by atoms with van der Waals surface area (Å²) in [4.78, 5) is 4.34. The molecule has 0 aliphatic carbocycles. The Labute approximate surface area is 119 Å². The van der Waals surface area contributed by atoms with Gasteiger partial charge in [-0.15, -0.1) is 5.10 Å². The van der Waals surface area contributed by atoms with Gasteiger partial charge in [0.25, 0.3) is 6.43 Å². The van der Waals surface area contributed by atoms with E-state index in [1.165, 1.54) is 17.3 Å². The van der Waals surface area contributed by atoms with E-state index >= 15 is 0 Å². The molecule has 0 aliphatic rings. The highest BCUT2D eigenvalue weighted by Gasteiger charge is 2.06. The molecule has 1 heterocycles. The molecule has 2 aromatic rings. The van der Waals surface area contributed by atoms with E-state index in [0.717, 1.165) is 5.56 Å². The lowest BCUT2D eigenvalue weighted by molar-refractivity contribution is 0.0237. The molecular formula is C13H15F2N3OS. The molecule has 0 atom stereocenters. The summed E-state index contributed by atoms with van der Waals surface area (Å²) < 4.78 is 28.5. The molecule has 1 aromatic heterocycles. The van der Waals surface area contributed by atoms with Gasteiger partial charge in [-0.1, -0.05) is 41.6 Å². The zero-order valence-corrected chi connectivity index (χ0v) is 11.8. The molecule has 1 aromatic carbocycles. The number of nitrogens with one attached hydrogen (secondary N) is 1. The largest absolute Gasteiger partial charge is 0.375 e. The van der Waals surface area contributed by atoms with E-state index in [2.05, 4.69) is 15.2 Å². The van der Waals surface area contributed by atoms with Gasteiger partial charge in [0.1, 0.15) is 6.61 Å². The monoisotopic (exact) mass is 299 g/mol. The number of aromatic amines is 1. The number of aryl methyl sites for hydroxylation is 1. The molecule has 4 nitrogen and oxygen atoms in total. The van der Waals surface area contributed by atoms with Crippen molar-refractivity contribution in [2.45, 2.75) is 18.5 Å². The minimum absolute atomic E-state index is 0.253. The Morgan fingerprint density at radius 1 is 1.30 bits per heavy atom. The van der Waals surface area contributed by atoms with Crippen LogP contribution >= 0.6 is 11.8 Å². The maximum atomic E-state index is 11.8. The van der Waals surface area contributed by atoms with Gasteiger partial charge in [0.15, 0.2) is 5.82 Å². The SMILES string of the molecule is Cc1ccc(-c2nc(SCCOCC(F)F)n[nH]2)cc1. The minimum Gasteiger partial charge on any atom is -0.375 e. The lowest BCUT2D eigenvalue weighted by atomic mass is 10.1. The van der Waals surface area contributed by atoms with E-state index in [0.29, 0.717) is 16.7 Å². The molecule has 0 aliphatic heterocycles. The second-order valence-corrected chi connectivity index (χ2v) is 5.21. The van der Waals surface area contributed by atoms with Crippen LogP contribution in [-0.2, 0) is 4.74 Å². The van der Waals surface area contributed by atoms with Crippen LogP contribution in [0.25, 0.3) is 11.4 Å². The number of nitrogens with zero attached hydrogens (tertiary/aromatic N) is 2. The predicted octanol–water partition coefficient (Wildman–Crippen LogP) is 3.15. The number of aromatic nitrogens is 3. The Kier molecular flexibility index (Phi) is 5.49. The molecule has 1 N–H and O–H groups in total. The number of hydrogen-bond acceptors (Lipinski definition) is 4. The Morgan fingerprint density at radius 2 is 2.05 bits per heavy atom. The predicted molar refractivity (Wildman–Crippen MR) is 74.1 cm³/mol. The van der Waals surface area contributed by atoms with Crippen molar-refractivity contribution in [3.8, 4) is 11.4 Å². The van der Waals surface area contributed by atoms with Crippen molar-refractivity contribution in [1.82, 2.24) is 15.2 Å². The zero-order chi connectivity index (χ0) is 14.4. The van der Waals surface area contributed by atoms with Crippen molar-refractivity contribution >= 4 is 11.8 Å². The fraction of sp³-hybridized carbons (Fsp3) is 0.385. The first-order chi connectivity index (χ1) is 9.65. The molecule has 0 radical (unpaired) electrons. The van der Waals surface area contributed by atoms with E-state index in [1.807, 2.05) is 31.2 Å². The van der Waals surface area contributed by atoms with Crippen molar-refractivity contribution in [2.75, 3.05) is 19.0 Å². The number of ether oxygens (including phenoxy) is 1. The summed E-state index contributed by atoms with van der Waals surface area (Å²) in [5.41, 5.74) is 2.14. The van der Waals surface area contributed by atoms with Crippen LogP contribution in [0, 0.1) is 6.92 Å². The summed E-state index contributed by atoms with van der Waals surface area (Å²) in [5, 5.41) is 7.51. The molecule has 0 saturated heterocycles. The van der Waals surface area contributed by atoms with Gasteiger partial charge in [-0.05, 0) is 6.92 Å². The summed E-state index contributed by atoms with van der Waals surface area (Å²) in [6, 6.07) is 7.94. The maximum Gasteiger partial charge on any atom is 0.261 e. The molecule has 0 fully saturated rings. The lowest BCUT2D eigenvalue weighted by Crippen LogP contribution is -2.06. The van der Waals surface area contributed by atoms with Crippen LogP contribution in [0.4, 0.5) is 8.78 Å². The van der Waals surface area contributed by atoms with Crippen LogP contribution in [0.1, 0.15) is 5.56 Å². The van der Waals surface area contributed by atoms with Crippen LogP contribution < -0.4 is 0 Å². The molecule has 0 spiro atoms. The Morgan fingerprint density at radius 3 is 2.75 bits per heavy atom. The lowest BCUT2D eigenvalue weighted by Gasteiger charge is -2.00. The molecule has 2 rings (SSSR count). The minimum atomic E-state index is -2.42. The summed E-state index contributed by atoms with van der Waals surface area (Å²) in [7, 11) is 0. The third-order valence-corrected chi connectivity index (χ3v) is 3.30. The summed E-state index contributed by atoms with van der Waals surface area (Å²) >= 11 is 1.37. The van der Waals surface area contributed by atoms with Gasteiger partial charge in [-0.3, -0.25) is 5.10 Å². The van der Waals surface area contributed by atoms with Crippen LogP contribution in [0.3, 0.4) is 0 Å². The van der Waals surface area contributed by atoms with Crippen LogP contribution in [-0.4, -0.2) is 40.6 Å². The van der Waals surface area contributed by atoms with Crippen molar-refractivity contribution in [1.29, 1.82) is 0 Å². The number of rotatable bonds is 7. The average Bonchev–Trinajstić information content (AvgIpc) is 2.87. The van der Waals surface area contributed by atoms with Crippen molar-refractivity contribution in [2.24, 2.45) is 0 Å². The maximum absolute atomic E-state index is 11.8. The highest BCUT2D eigenvalue weighted by atomic mass is 32.2. The first-order valence-corrected chi connectivity index (χ1v) is 7.12. The number of H-pyrrole nitrogens is 1. The van der Waals surface area contributed by atoms with Gasteiger partial charge in [0.2, 0.25) is 5.16 Å². The second kappa shape index (κ2) is 7.35. The fourth-order valence-corrected chi connectivity index (χ4v) is 2.17. The Balaban J connectivity index is 1.82. The van der Waals surface area contributed by atoms with Crippen LogP contribution in [0.15, 0.2) is 29.4 Å². The number of halogens is 2. The third kappa shape index (κ3) is 4.57. The van der Waals surface area contributed by atoms with E-state index in [4.69, 9.17) is 4.74 Å². The first kappa shape index (κ1) is 14.9. The van der Waals surface area contributed by atoms with Gasteiger partial charge in [0, 0.05) is 11.3 Å². The van der Waals surface area contributed by atoms with Crippen molar-refractivity contribution in [3.05, 3.63) is 29.8 Å². The Bertz CT molecular complexity index is 531. The molecule has 0 amide bonds. The van der Waals surface area contributed by atoms with E-state index in [1.54, 1.807) is 0 Å². The van der Waals surface area contributed by atoms with E-state index in [9.17, 15) is 8.78 Å². The van der Waals surface area contributed by atoms with Gasteiger partial charge >= 0.3 is 0 Å². The standard InChI is InChI=1S/C13H15F2N3OS/c1-9-2-4-10(5-3-9)12-16-13(18-17-12)20-7-6-19-8-11(14)15/h2-5,11H,6-8H2,1H3,(H,16,17,18). The summed E-state index contributed by atoms with van der Waals surface area (Å²) in [6.45, 7) is 1.75. The van der Waals surface area contributed by atoms with Crippen molar-refractivity contribution < 1.29 is 13.5 Å². The number of alkyl halides is 2. The molecule has 108 valence electrons. The molecule has 20 heavy (non-hydrogen) atoms. The average molecular weight is 299 g/mol. The first-order valence-electron chi connectivity index (χ1n) is 6.13. The van der Waals surface area contributed by atoms with E-state index < -0.39 is 13.0 Å². The zero-order valence-electron chi connectivity index (χ0n) is 11.0. The van der Waals surface area contributed by atoms with Crippen LogP contribution in [0.5, 0.6) is 0 Å². The highest BCUT2D eigenvalue weighted by molar-refractivity contribution is 7.99. The topological polar surface area (TPSA) is 50.8 Å². The third-order valence-electron chi connectivity index (χ3n) is 2.49. The molecule has 0 saturated carbocycles. The summed E-state index contributed by atoms with van der Waals surface area (Å²) in [5.74, 6) is 1.23. The van der Waals surface area contributed by atoms with Gasteiger partial charge in [-0.2, -0.15) is 0 Å². The fourth-order valence-electron chi connectivity index (χ4n) is 1.52. The van der Waals surface area contributed by atoms with Crippen molar-refractivity contribution in [3.63, 3.8) is 0 Å². The number of thioether (sulfide) groups is 1. The smallest absolute Gasteiger partial charge is 0.261 e. The number of benzene rings is 1. The van der Waals surface area contributed by atoms with Gasteiger partial charge < -0.3 is 4.74 Å².